The molecule has 4 rings (SSSR count). The lowest BCUT2D eigenvalue weighted by molar-refractivity contribution is -0.128. The minimum atomic E-state index is -0.0391. The van der Waals surface area contributed by atoms with Gasteiger partial charge in [-0.3, -0.25) is 9.69 Å². The predicted octanol–water partition coefficient (Wildman–Crippen LogP) is 5.08. The van der Waals surface area contributed by atoms with Crippen LogP contribution in [-0.4, -0.2) is 34.0 Å². The molecule has 33 heavy (non-hydrogen) atoms. The van der Waals surface area contributed by atoms with Crippen molar-refractivity contribution in [2.45, 2.75) is 53.1 Å². The normalized spacial score (nSPS) is 17.8. The highest BCUT2D eigenvalue weighted by molar-refractivity contribution is 5.79. The van der Waals surface area contributed by atoms with E-state index in [1.54, 1.807) is 0 Å². The minimum Gasteiger partial charge on any atom is -0.349 e. The SMILES string of the molecule is Cc1ccccc1-c1noc(CN2CCCC(C(=O)NC(c3ccccc3C)C(C)C)C2)n1. The molecule has 1 amide bonds. The van der Waals surface area contributed by atoms with Gasteiger partial charge in [0.15, 0.2) is 0 Å². The molecule has 0 bridgehead atoms. The molecule has 6 nitrogen and oxygen atoms in total. The van der Waals surface area contributed by atoms with Crippen LogP contribution in [0.15, 0.2) is 53.1 Å². The van der Waals surface area contributed by atoms with Gasteiger partial charge in [0.25, 0.3) is 0 Å². The van der Waals surface area contributed by atoms with Crippen LogP contribution in [0.5, 0.6) is 0 Å². The van der Waals surface area contributed by atoms with Gasteiger partial charge in [0, 0.05) is 12.1 Å². The summed E-state index contributed by atoms with van der Waals surface area (Å²) in [5.41, 5.74) is 4.51. The van der Waals surface area contributed by atoms with E-state index >= 15 is 0 Å². The maximum absolute atomic E-state index is 13.2. The van der Waals surface area contributed by atoms with Crippen molar-refractivity contribution in [3.8, 4) is 11.4 Å². The fourth-order valence-corrected chi connectivity index (χ4v) is 4.67. The molecule has 1 aromatic heterocycles. The summed E-state index contributed by atoms with van der Waals surface area (Å²) < 4.78 is 5.54. The summed E-state index contributed by atoms with van der Waals surface area (Å²) in [5.74, 6) is 1.62. The highest BCUT2D eigenvalue weighted by atomic mass is 16.5. The Hall–Kier alpha value is -2.99. The maximum atomic E-state index is 13.2. The number of rotatable bonds is 7. The van der Waals surface area contributed by atoms with Crippen LogP contribution in [-0.2, 0) is 11.3 Å². The summed E-state index contributed by atoms with van der Waals surface area (Å²) in [6.07, 6.45) is 1.88. The molecule has 1 N–H and O–H groups in total. The van der Waals surface area contributed by atoms with E-state index < -0.39 is 0 Å². The van der Waals surface area contributed by atoms with Crippen molar-refractivity contribution in [1.29, 1.82) is 0 Å². The number of carbonyl (C=O) groups is 1. The summed E-state index contributed by atoms with van der Waals surface area (Å²) >= 11 is 0. The summed E-state index contributed by atoms with van der Waals surface area (Å²) in [5, 5.41) is 7.52. The first kappa shape index (κ1) is 23.2. The van der Waals surface area contributed by atoms with Gasteiger partial charge in [0.05, 0.1) is 18.5 Å². The van der Waals surface area contributed by atoms with Gasteiger partial charge in [0.2, 0.25) is 17.6 Å². The number of hydrogen-bond acceptors (Lipinski definition) is 5. The van der Waals surface area contributed by atoms with E-state index in [-0.39, 0.29) is 17.9 Å². The Bertz CT molecular complexity index is 1090. The molecule has 2 heterocycles. The molecule has 0 radical (unpaired) electrons. The number of nitrogens with one attached hydrogen (secondary N) is 1. The second kappa shape index (κ2) is 10.3. The number of likely N-dealkylation sites (tertiary alicyclic amines) is 1. The molecular formula is C27H34N4O2. The first-order chi connectivity index (χ1) is 15.9. The van der Waals surface area contributed by atoms with Crippen molar-refractivity contribution in [2.75, 3.05) is 13.1 Å². The average Bonchev–Trinajstić information content (AvgIpc) is 3.26. The Morgan fingerprint density at radius 1 is 1.12 bits per heavy atom. The van der Waals surface area contributed by atoms with Gasteiger partial charge in [-0.05, 0) is 55.8 Å². The van der Waals surface area contributed by atoms with Gasteiger partial charge in [0.1, 0.15) is 0 Å². The molecule has 0 aliphatic carbocycles. The van der Waals surface area contributed by atoms with Crippen LogP contribution in [0.1, 0.15) is 55.3 Å². The number of benzene rings is 2. The number of amides is 1. The van der Waals surface area contributed by atoms with Crippen LogP contribution in [0.4, 0.5) is 0 Å². The molecular weight excluding hydrogens is 412 g/mol. The number of nitrogens with zero attached hydrogens (tertiary/aromatic N) is 3. The largest absolute Gasteiger partial charge is 0.349 e. The molecule has 1 aliphatic heterocycles. The second-order valence-corrected chi connectivity index (χ2v) is 9.49. The zero-order chi connectivity index (χ0) is 23.4. The Morgan fingerprint density at radius 3 is 2.58 bits per heavy atom. The Morgan fingerprint density at radius 2 is 1.85 bits per heavy atom. The first-order valence-corrected chi connectivity index (χ1v) is 11.9. The van der Waals surface area contributed by atoms with Crippen LogP contribution in [0, 0.1) is 25.7 Å². The smallest absolute Gasteiger partial charge is 0.241 e. The summed E-state index contributed by atoms with van der Waals surface area (Å²) in [6, 6.07) is 16.4. The van der Waals surface area contributed by atoms with Crippen LogP contribution in [0.25, 0.3) is 11.4 Å². The average molecular weight is 447 g/mol. The fraction of sp³-hybridized carbons (Fsp3) is 0.444. The van der Waals surface area contributed by atoms with E-state index in [1.807, 2.05) is 43.3 Å². The highest BCUT2D eigenvalue weighted by Crippen LogP contribution is 2.27. The van der Waals surface area contributed by atoms with Crippen molar-refractivity contribution in [2.24, 2.45) is 11.8 Å². The molecule has 3 aromatic rings. The van der Waals surface area contributed by atoms with E-state index in [2.05, 4.69) is 53.3 Å². The summed E-state index contributed by atoms with van der Waals surface area (Å²) in [4.78, 5) is 20.1. The summed E-state index contributed by atoms with van der Waals surface area (Å²) in [7, 11) is 0. The lowest BCUT2D eigenvalue weighted by atomic mass is 9.91. The molecule has 2 atom stereocenters. The molecule has 2 unspecified atom stereocenters. The number of carbonyl (C=O) groups excluding carboxylic acids is 1. The van der Waals surface area contributed by atoms with Gasteiger partial charge in [-0.2, -0.15) is 4.98 Å². The monoisotopic (exact) mass is 446 g/mol. The van der Waals surface area contributed by atoms with Gasteiger partial charge in [-0.25, -0.2) is 0 Å². The van der Waals surface area contributed by atoms with Crippen molar-refractivity contribution in [3.05, 3.63) is 71.1 Å². The molecule has 0 saturated carbocycles. The van der Waals surface area contributed by atoms with Crippen molar-refractivity contribution in [3.63, 3.8) is 0 Å². The number of hydrogen-bond donors (Lipinski definition) is 1. The van der Waals surface area contributed by atoms with E-state index in [1.165, 1.54) is 11.1 Å². The number of aryl methyl sites for hydroxylation is 2. The van der Waals surface area contributed by atoms with Crippen LogP contribution in [0.3, 0.4) is 0 Å². The number of aromatic nitrogens is 2. The predicted molar refractivity (Wildman–Crippen MR) is 129 cm³/mol. The maximum Gasteiger partial charge on any atom is 0.241 e. The van der Waals surface area contributed by atoms with Crippen LogP contribution in [0.2, 0.25) is 0 Å². The first-order valence-electron chi connectivity index (χ1n) is 11.9. The quantitative estimate of drug-likeness (QED) is 0.548. The lowest BCUT2D eigenvalue weighted by Crippen LogP contribution is -2.44. The molecule has 6 heteroatoms. The van der Waals surface area contributed by atoms with E-state index in [4.69, 9.17) is 4.52 Å². The molecule has 1 saturated heterocycles. The Balaban J connectivity index is 1.40. The van der Waals surface area contributed by atoms with E-state index in [0.29, 0.717) is 30.7 Å². The molecule has 2 aromatic carbocycles. The lowest BCUT2D eigenvalue weighted by Gasteiger charge is -2.33. The standard InChI is InChI=1S/C27H34N4O2/c1-18(2)25(22-13-7-5-10-19(22)3)29-27(32)21-12-9-15-31(16-21)17-24-28-26(30-33-24)23-14-8-6-11-20(23)4/h5-8,10-11,13-14,18,21,25H,9,12,15-17H2,1-4H3,(H,29,32). The number of piperidine rings is 1. The van der Waals surface area contributed by atoms with Crippen molar-refractivity contribution in [1.82, 2.24) is 20.4 Å². The van der Waals surface area contributed by atoms with Gasteiger partial charge in [-0.1, -0.05) is 67.5 Å². The third-order valence-electron chi connectivity index (χ3n) is 6.58. The molecule has 0 spiro atoms. The third kappa shape index (κ3) is 5.50. The zero-order valence-corrected chi connectivity index (χ0v) is 20.0. The van der Waals surface area contributed by atoms with Crippen LogP contribution >= 0.6 is 0 Å². The fourth-order valence-electron chi connectivity index (χ4n) is 4.67. The van der Waals surface area contributed by atoms with Gasteiger partial charge in [-0.15, -0.1) is 0 Å². The topological polar surface area (TPSA) is 71.3 Å². The van der Waals surface area contributed by atoms with Gasteiger partial charge >= 0.3 is 0 Å². The van der Waals surface area contributed by atoms with Crippen molar-refractivity contribution >= 4 is 5.91 Å². The molecule has 1 fully saturated rings. The minimum absolute atomic E-state index is 0.0155. The van der Waals surface area contributed by atoms with E-state index in [0.717, 1.165) is 30.5 Å². The zero-order valence-electron chi connectivity index (χ0n) is 20.0. The second-order valence-electron chi connectivity index (χ2n) is 9.49. The highest BCUT2D eigenvalue weighted by Gasteiger charge is 2.29. The Kier molecular flexibility index (Phi) is 7.23. The third-order valence-corrected chi connectivity index (χ3v) is 6.58. The Labute approximate surface area is 196 Å². The summed E-state index contributed by atoms with van der Waals surface area (Å²) in [6.45, 7) is 10.7. The van der Waals surface area contributed by atoms with Gasteiger partial charge < -0.3 is 9.84 Å². The van der Waals surface area contributed by atoms with Crippen LogP contribution < -0.4 is 5.32 Å². The van der Waals surface area contributed by atoms with E-state index in [9.17, 15) is 4.79 Å². The molecule has 1 aliphatic rings. The van der Waals surface area contributed by atoms with Crippen molar-refractivity contribution < 1.29 is 9.32 Å². The molecule has 174 valence electrons.